The molecule has 0 N–H and O–H groups in total. The Morgan fingerprint density at radius 3 is 2.76 bits per heavy atom. The molecular formula is C16H23N5. The van der Waals surface area contributed by atoms with Crippen LogP contribution in [0.5, 0.6) is 0 Å². The SMILES string of the molecule is Cn1ncc2c(N3CCC[C@H]3C3CCCCC3)ncnc21. The van der Waals surface area contributed by atoms with Crippen LogP contribution in [0.4, 0.5) is 5.82 Å². The van der Waals surface area contributed by atoms with Crippen molar-refractivity contribution in [1.29, 1.82) is 0 Å². The van der Waals surface area contributed by atoms with Gasteiger partial charge in [-0.2, -0.15) is 5.10 Å². The lowest BCUT2D eigenvalue weighted by atomic mass is 9.83. The monoisotopic (exact) mass is 285 g/mol. The van der Waals surface area contributed by atoms with Crippen molar-refractivity contribution in [3.05, 3.63) is 12.5 Å². The van der Waals surface area contributed by atoms with Crippen molar-refractivity contribution < 1.29 is 0 Å². The lowest BCUT2D eigenvalue weighted by Crippen LogP contribution is -2.37. The number of hydrogen-bond donors (Lipinski definition) is 0. The summed E-state index contributed by atoms with van der Waals surface area (Å²) < 4.78 is 1.84. The Morgan fingerprint density at radius 1 is 1.05 bits per heavy atom. The molecule has 0 amide bonds. The van der Waals surface area contributed by atoms with Crippen LogP contribution in [0.25, 0.3) is 11.0 Å². The first-order chi connectivity index (χ1) is 10.3. The summed E-state index contributed by atoms with van der Waals surface area (Å²) in [6.45, 7) is 1.13. The molecule has 0 spiro atoms. The van der Waals surface area contributed by atoms with Crippen LogP contribution in [-0.4, -0.2) is 32.3 Å². The van der Waals surface area contributed by atoms with E-state index in [1.165, 1.54) is 44.9 Å². The molecule has 5 nitrogen and oxygen atoms in total. The van der Waals surface area contributed by atoms with Crippen LogP contribution in [0.2, 0.25) is 0 Å². The lowest BCUT2D eigenvalue weighted by molar-refractivity contribution is 0.304. The summed E-state index contributed by atoms with van der Waals surface area (Å²) in [5, 5.41) is 5.45. The zero-order valence-corrected chi connectivity index (χ0v) is 12.7. The fourth-order valence-electron chi connectivity index (χ4n) is 4.24. The largest absolute Gasteiger partial charge is 0.353 e. The number of anilines is 1. The van der Waals surface area contributed by atoms with E-state index in [1.54, 1.807) is 6.33 Å². The highest BCUT2D eigenvalue weighted by molar-refractivity contribution is 5.86. The third kappa shape index (κ3) is 2.19. The Bertz CT molecular complexity index is 629. The third-order valence-electron chi connectivity index (χ3n) is 5.27. The van der Waals surface area contributed by atoms with Crippen LogP contribution < -0.4 is 4.90 Å². The van der Waals surface area contributed by atoms with Crippen molar-refractivity contribution in [2.45, 2.75) is 51.0 Å². The summed E-state index contributed by atoms with van der Waals surface area (Å²) in [7, 11) is 1.95. The number of aryl methyl sites for hydroxylation is 1. The first-order valence-electron chi connectivity index (χ1n) is 8.24. The Balaban J connectivity index is 1.69. The first kappa shape index (κ1) is 13.0. The molecule has 3 heterocycles. The van der Waals surface area contributed by atoms with Gasteiger partial charge in [-0.1, -0.05) is 19.3 Å². The quantitative estimate of drug-likeness (QED) is 0.851. The van der Waals surface area contributed by atoms with Crippen LogP contribution >= 0.6 is 0 Å². The van der Waals surface area contributed by atoms with Crippen LogP contribution in [0.15, 0.2) is 12.5 Å². The Labute approximate surface area is 125 Å². The van der Waals surface area contributed by atoms with E-state index in [-0.39, 0.29) is 0 Å². The van der Waals surface area contributed by atoms with Gasteiger partial charge in [0.2, 0.25) is 0 Å². The predicted octanol–water partition coefficient (Wildman–Crippen LogP) is 2.91. The second kappa shape index (κ2) is 5.28. The molecule has 1 atom stereocenters. The zero-order valence-electron chi connectivity index (χ0n) is 12.7. The van der Waals surface area contributed by atoms with E-state index in [0.29, 0.717) is 6.04 Å². The third-order valence-corrected chi connectivity index (χ3v) is 5.27. The normalized spacial score (nSPS) is 24.0. The standard InChI is InChI=1S/C16H23N5/c1-20-15-13(10-19-20)16(18-11-17-15)21-9-5-8-14(21)12-6-3-2-4-7-12/h10-12,14H,2-9H2,1H3/t14-/m0/s1. The van der Waals surface area contributed by atoms with Crippen molar-refractivity contribution >= 4 is 16.9 Å². The summed E-state index contributed by atoms with van der Waals surface area (Å²) in [4.78, 5) is 11.5. The van der Waals surface area contributed by atoms with Crippen molar-refractivity contribution in [3.63, 3.8) is 0 Å². The molecular weight excluding hydrogens is 262 g/mol. The van der Waals surface area contributed by atoms with E-state index in [0.717, 1.165) is 29.3 Å². The Morgan fingerprint density at radius 2 is 1.90 bits per heavy atom. The summed E-state index contributed by atoms with van der Waals surface area (Å²) in [5.74, 6) is 1.95. The molecule has 112 valence electrons. The minimum absolute atomic E-state index is 0.670. The number of hydrogen-bond acceptors (Lipinski definition) is 4. The van der Waals surface area contributed by atoms with Gasteiger partial charge in [0.15, 0.2) is 5.65 Å². The Kier molecular flexibility index (Phi) is 3.28. The van der Waals surface area contributed by atoms with Crippen LogP contribution in [0.1, 0.15) is 44.9 Å². The maximum atomic E-state index is 4.61. The molecule has 5 heteroatoms. The molecule has 21 heavy (non-hydrogen) atoms. The highest BCUT2D eigenvalue weighted by Crippen LogP contribution is 2.37. The van der Waals surface area contributed by atoms with E-state index < -0.39 is 0 Å². The van der Waals surface area contributed by atoms with Crippen LogP contribution in [0, 0.1) is 5.92 Å². The van der Waals surface area contributed by atoms with Gasteiger partial charge in [0.05, 0.1) is 11.6 Å². The molecule has 2 aromatic heterocycles. The molecule has 0 aromatic carbocycles. The predicted molar refractivity (Wildman–Crippen MR) is 83.2 cm³/mol. The average Bonchev–Trinajstić information content (AvgIpc) is 3.15. The first-order valence-corrected chi connectivity index (χ1v) is 8.24. The van der Waals surface area contributed by atoms with Gasteiger partial charge < -0.3 is 4.90 Å². The molecule has 1 saturated carbocycles. The maximum Gasteiger partial charge on any atom is 0.163 e. The van der Waals surface area contributed by atoms with Crippen molar-refractivity contribution in [2.24, 2.45) is 13.0 Å². The van der Waals surface area contributed by atoms with E-state index in [2.05, 4.69) is 20.0 Å². The van der Waals surface area contributed by atoms with E-state index in [1.807, 2.05) is 17.9 Å². The summed E-state index contributed by atoms with van der Waals surface area (Å²) in [6.07, 6.45) is 13.2. The van der Waals surface area contributed by atoms with Crippen LogP contribution in [0.3, 0.4) is 0 Å². The number of nitrogens with zero attached hydrogens (tertiary/aromatic N) is 5. The highest BCUT2D eigenvalue weighted by atomic mass is 15.3. The van der Waals surface area contributed by atoms with Gasteiger partial charge in [-0.25, -0.2) is 9.97 Å². The number of aromatic nitrogens is 4. The number of fused-ring (bicyclic) bond motifs is 1. The highest BCUT2D eigenvalue weighted by Gasteiger charge is 2.34. The van der Waals surface area contributed by atoms with Crippen molar-refractivity contribution in [2.75, 3.05) is 11.4 Å². The second-order valence-electron chi connectivity index (χ2n) is 6.50. The minimum atomic E-state index is 0.670. The second-order valence-corrected chi connectivity index (χ2v) is 6.50. The van der Waals surface area contributed by atoms with Gasteiger partial charge in [0.25, 0.3) is 0 Å². The van der Waals surface area contributed by atoms with Gasteiger partial charge in [-0.3, -0.25) is 4.68 Å². The van der Waals surface area contributed by atoms with Crippen LogP contribution in [-0.2, 0) is 7.05 Å². The van der Waals surface area contributed by atoms with Crippen molar-refractivity contribution in [3.8, 4) is 0 Å². The summed E-state index contributed by atoms with van der Waals surface area (Å²) in [6, 6.07) is 0.670. The number of rotatable bonds is 2. The maximum absolute atomic E-state index is 4.61. The van der Waals surface area contributed by atoms with Gasteiger partial charge in [-0.15, -0.1) is 0 Å². The van der Waals surface area contributed by atoms with Gasteiger partial charge in [0.1, 0.15) is 12.1 Å². The van der Waals surface area contributed by atoms with E-state index in [9.17, 15) is 0 Å². The minimum Gasteiger partial charge on any atom is -0.353 e. The van der Waals surface area contributed by atoms with Crippen molar-refractivity contribution in [1.82, 2.24) is 19.7 Å². The van der Waals surface area contributed by atoms with Gasteiger partial charge in [0, 0.05) is 19.6 Å². The molecule has 2 aromatic rings. The van der Waals surface area contributed by atoms with E-state index >= 15 is 0 Å². The molecule has 0 bridgehead atoms. The topological polar surface area (TPSA) is 46.8 Å². The lowest BCUT2D eigenvalue weighted by Gasteiger charge is -2.34. The van der Waals surface area contributed by atoms with Gasteiger partial charge >= 0.3 is 0 Å². The molecule has 0 radical (unpaired) electrons. The Hall–Kier alpha value is -1.65. The molecule has 2 aliphatic rings. The van der Waals surface area contributed by atoms with Gasteiger partial charge in [-0.05, 0) is 31.6 Å². The molecule has 1 aliphatic carbocycles. The smallest absolute Gasteiger partial charge is 0.163 e. The molecule has 1 saturated heterocycles. The van der Waals surface area contributed by atoms with E-state index in [4.69, 9.17) is 0 Å². The summed E-state index contributed by atoms with van der Waals surface area (Å²) >= 11 is 0. The molecule has 2 fully saturated rings. The fourth-order valence-corrected chi connectivity index (χ4v) is 4.24. The zero-order chi connectivity index (χ0) is 14.2. The summed E-state index contributed by atoms with van der Waals surface area (Å²) in [5.41, 5.74) is 0.939. The fraction of sp³-hybridized carbons (Fsp3) is 0.688. The average molecular weight is 285 g/mol. The molecule has 1 aliphatic heterocycles. The molecule has 0 unspecified atom stereocenters. The molecule has 4 rings (SSSR count).